The Morgan fingerprint density at radius 2 is 2.13 bits per heavy atom. The van der Waals surface area contributed by atoms with Crippen molar-refractivity contribution in [2.24, 2.45) is 0 Å². The molecule has 0 fully saturated rings. The van der Waals surface area contributed by atoms with Gasteiger partial charge in [0.2, 0.25) is 10.0 Å². The molecule has 0 saturated heterocycles. The van der Waals surface area contributed by atoms with Crippen molar-refractivity contribution in [3.63, 3.8) is 0 Å². The predicted molar refractivity (Wildman–Crippen MR) is 65.4 cm³/mol. The van der Waals surface area contributed by atoms with E-state index in [0.29, 0.717) is 6.54 Å². The molecule has 5 heteroatoms. The average molecular weight is 288 g/mol. The minimum atomic E-state index is -3.19. The molecule has 0 saturated carbocycles. The van der Waals surface area contributed by atoms with Crippen LogP contribution in [0.4, 0.5) is 5.69 Å². The standard InChI is InChI=1S/C10H10BrNO2S/c1-15(13,14)12-6-2-3-8-7-9(11)4-5-10(8)12/h2-5,7H,6H2,1H3. The van der Waals surface area contributed by atoms with Crippen LogP contribution in [-0.4, -0.2) is 21.2 Å². The fraction of sp³-hybridized carbons (Fsp3) is 0.200. The lowest BCUT2D eigenvalue weighted by Crippen LogP contribution is -2.31. The molecule has 1 aliphatic heterocycles. The van der Waals surface area contributed by atoms with Gasteiger partial charge < -0.3 is 0 Å². The van der Waals surface area contributed by atoms with Crippen LogP contribution in [0.25, 0.3) is 6.08 Å². The van der Waals surface area contributed by atoms with Gasteiger partial charge >= 0.3 is 0 Å². The topological polar surface area (TPSA) is 37.4 Å². The number of anilines is 1. The molecule has 0 radical (unpaired) electrons. The van der Waals surface area contributed by atoms with E-state index in [4.69, 9.17) is 0 Å². The monoisotopic (exact) mass is 287 g/mol. The third-order valence-corrected chi connectivity index (χ3v) is 3.87. The number of rotatable bonds is 1. The van der Waals surface area contributed by atoms with Gasteiger partial charge in [0.15, 0.2) is 0 Å². The molecule has 1 aromatic carbocycles. The maximum absolute atomic E-state index is 11.5. The number of sulfonamides is 1. The summed E-state index contributed by atoms with van der Waals surface area (Å²) >= 11 is 3.36. The predicted octanol–water partition coefficient (Wildman–Crippen LogP) is 2.24. The quantitative estimate of drug-likeness (QED) is 0.794. The fourth-order valence-corrected chi connectivity index (χ4v) is 2.83. The number of fused-ring (bicyclic) bond motifs is 1. The highest BCUT2D eigenvalue weighted by Gasteiger charge is 2.20. The van der Waals surface area contributed by atoms with Crippen LogP contribution in [0.2, 0.25) is 0 Å². The van der Waals surface area contributed by atoms with Gasteiger partial charge in [-0.15, -0.1) is 0 Å². The lowest BCUT2D eigenvalue weighted by molar-refractivity contribution is 0.598. The maximum atomic E-state index is 11.5. The smallest absolute Gasteiger partial charge is 0.232 e. The number of halogens is 1. The van der Waals surface area contributed by atoms with Crippen molar-refractivity contribution in [1.82, 2.24) is 0 Å². The van der Waals surface area contributed by atoms with Crippen molar-refractivity contribution >= 4 is 37.7 Å². The zero-order valence-electron chi connectivity index (χ0n) is 8.14. The molecule has 80 valence electrons. The van der Waals surface area contributed by atoms with Crippen molar-refractivity contribution in [3.05, 3.63) is 34.3 Å². The van der Waals surface area contributed by atoms with E-state index >= 15 is 0 Å². The normalized spacial score (nSPS) is 15.2. The van der Waals surface area contributed by atoms with Gasteiger partial charge in [0, 0.05) is 4.47 Å². The third kappa shape index (κ3) is 2.08. The minimum Gasteiger partial charge on any atom is -0.266 e. The molecule has 0 aromatic heterocycles. The first-order valence-electron chi connectivity index (χ1n) is 4.42. The van der Waals surface area contributed by atoms with Gasteiger partial charge in [-0.2, -0.15) is 0 Å². The Bertz CT molecular complexity index is 522. The molecule has 2 rings (SSSR count). The van der Waals surface area contributed by atoms with E-state index in [0.717, 1.165) is 15.7 Å². The molecule has 0 atom stereocenters. The molecule has 0 spiro atoms. The van der Waals surface area contributed by atoms with Gasteiger partial charge in [0.05, 0.1) is 18.5 Å². The highest BCUT2D eigenvalue weighted by atomic mass is 79.9. The first-order valence-corrected chi connectivity index (χ1v) is 7.06. The summed E-state index contributed by atoms with van der Waals surface area (Å²) in [6.07, 6.45) is 5.00. The highest BCUT2D eigenvalue weighted by molar-refractivity contribution is 9.10. The largest absolute Gasteiger partial charge is 0.266 e. The minimum absolute atomic E-state index is 0.410. The van der Waals surface area contributed by atoms with E-state index in [1.165, 1.54) is 10.6 Å². The van der Waals surface area contributed by atoms with E-state index < -0.39 is 10.0 Å². The van der Waals surface area contributed by atoms with E-state index in [1.54, 1.807) is 0 Å². The van der Waals surface area contributed by atoms with E-state index in [1.807, 2.05) is 30.4 Å². The fourth-order valence-electron chi connectivity index (χ4n) is 1.57. The number of nitrogens with zero attached hydrogens (tertiary/aromatic N) is 1. The number of hydrogen-bond donors (Lipinski definition) is 0. The van der Waals surface area contributed by atoms with E-state index in [9.17, 15) is 8.42 Å². The Labute approximate surface area is 97.6 Å². The van der Waals surface area contributed by atoms with Crippen molar-refractivity contribution in [2.45, 2.75) is 0 Å². The van der Waals surface area contributed by atoms with Crippen LogP contribution in [0, 0.1) is 0 Å². The summed E-state index contributed by atoms with van der Waals surface area (Å²) in [4.78, 5) is 0. The molecular formula is C10H10BrNO2S. The third-order valence-electron chi connectivity index (χ3n) is 2.23. The Morgan fingerprint density at radius 3 is 2.80 bits per heavy atom. The van der Waals surface area contributed by atoms with Gasteiger partial charge in [-0.1, -0.05) is 28.1 Å². The zero-order chi connectivity index (χ0) is 11.1. The summed E-state index contributed by atoms with van der Waals surface area (Å²) in [7, 11) is -3.19. The average Bonchev–Trinajstić information content (AvgIpc) is 2.15. The second kappa shape index (κ2) is 3.64. The van der Waals surface area contributed by atoms with E-state index in [2.05, 4.69) is 15.9 Å². The summed E-state index contributed by atoms with van der Waals surface area (Å²) in [5.74, 6) is 0. The van der Waals surface area contributed by atoms with Crippen LogP contribution in [-0.2, 0) is 10.0 Å². The second-order valence-corrected chi connectivity index (χ2v) is 6.22. The molecule has 0 amide bonds. The Morgan fingerprint density at radius 1 is 1.40 bits per heavy atom. The van der Waals surface area contributed by atoms with E-state index in [-0.39, 0.29) is 0 Å². The van der Waals surface area contributed by atoms with Crippen LogP contribution in [0.15, 0.2) is 28.7 Å². The molecule has 1 aromatic rings. The summed E-state index contributed by atoms with van der Waals surface area (Å²) in [6.45, 7) is 0.410. The molecule has 0 bridgehead atoms. The number of hydrogen-bond acceptors (Lipinski definition) is 2. The summed E-state index contributed by atoms with van der Waals surface area (Å²) in [5.41, 5.74) is 1.66. The Balaban J connectivity index is 2.58. The van der Waals surface area contributed by atoms with Gasteiger partial charge in [-0.3, -0.25) is 4.31 Å². The first-order chi connectivity index (χ1) is 6.98. The van der Waals surface area contributed by atoms with Crippen LogP contribution in [0.1, 0.15) is 5.56 Å². The first kappa shape index (κ1) is 10.7. The molecule has 1 heterocycles. The van der Waals surface area contributed by atoms with Gasteiger partial charge in [-0.25, -0.2) is 8.42 Å². The van der Waals surface area contributed by atoms with Gasteiger partial charge in [-0.05, 0) is 23.8 Å². The van der Waals surface area contributed by atoms with Gasteiger partial charge in [0.25, 0.3) is 0 Å². The molecule has 0 aliphatic carbocycles. The van der Waals surface area contributed by atoms with Crippen molar-refractivity contribution in [2.75, 3.05) is 17.1 Å². The van der Waals surface area contributed by atoms with Crippen molar-refractivity contribution < 1.29 is 8.42 Å². The number of benzene rings is 1. The van der Waals surface area contributed by atoms with Crippen LogP contribution in [0.5, 0.6) is 0 Å². The van der Waals surface area contributed by atoms with Gasteiger partial charge in [0.1, 0.15) is 0 Å². The lowest BCUT2D eigenvalue weighted by atomic mass is 10.1. The molecule has 0 N–H and O–H groups in total. The van der Waals surface area contributed by atoms with Crippen LogP contribution in [0.3, 0.4) is 0 Å². The molecule has 3 nitrogen and oxygen atoms in total. The lowest BCUT2D eigenvalue weighted by Gasteiger charge is -2.25. The van der Waals surface area contributed by atoms with Crippen LogP contribution < -0.4 is 4.31 Å². The zero-order valence-corrected chi connectivity index (χ0v) is 10.5. The summed E-state index contributed by atoms with van der Waals surface area (Å²) in [6, 6.07) is 5.56. The molecule has 0 unspecified atom stereocenters. The highest BCUT2D eigenvalue weighted by Crippen LogP contribution is 2.30. The SMILES string of the molecule is CS(=O)(=O)N1CC=Cc2cc(Br)ccc21. The Kier molecular flexibility index (Phi) is 2.60. The van der Waals surface area contributed by atoms with Crippen molar-refractivity contribution in [3.8, 4) is 0 Å². The maximum Gasteiger partial charge on any atom is 0.232 e. The second-order valence-electron chi connectivity index (χ2n) is 3.40. The molecule has 1 aliphatic rings. The summed E-state index contributed by atoms with van der Waals surface area (Å²) < 4.78 is 25.4. The van der Waals surface area contributed by atoms with Crippen LogP contribution >= 0.6 is 15.9 Å². The molecular weight excluding hydrogens is 278 g/mol. The Hall–Kier alpha value is -0.810. The molecule has 15 heavy (non-hydrogen) atoms. The summed E-state index contributed by atoms with van der Waals surface area (Å²) in [5, 5.41) is 0. The van der Waals surface area contributed by atoms with Crippen molar-refractivity contribution in [1.29, 1.82) is 0 Å².